The first-order chi connectivity index (χ1) is 7.27. The molecule has 86 valence electrons. The quantitative estimate of drug-likeness (QED) is 0.424. The smallest absolute Gasteiger partial charge is 0.185 e. The Labute approximate surface area is 95.6 Å². The van der Waals surface area contributed by atoms with E-state index in [2.05, 4.69) is 20.4 Å². The van der Waals surface area contributed by atoms with Crippen molar-refractivity contribution in [3.63, 3.8) is 0 Å². The highest BCUT2D eigenvalue weighted by Crippen LogP contribution is 2.07. The van der Waals surface area contributed by atoms with Crippen molar-refractivity contribution in [2.45, 2.75) is 6.92 Å². The molecule has 1 N–H and O–H groups in total. The van der Waals surface area contributed by atoms with Crippen molar-refractivity contribution >= 4 is 23.1 Å². The normalized spacial score (nSPS) is 18.6. The Morgan fingerprint density at radius 2 is 2.13 bits per heavy atom. The molecule has 6 heteroatoms. The molecule has 0 aromatic heterocycles. The summed E-state index contributed by atoms with van der Waals surface area (Å²) in [5, 5.41) is 14.5. The molecule has 0 aromatic rings. The van der Waals surface area contributed by atoms with E-state index in [1.54, 1.807) is 23.1 Å². The van der Waals surface area contributed by atoms with Crippen molar-refractivity contribution in [2.75, 3.05) is 39.5 Å². The van der Waals surface area contributed by atoms with Gasteiger partial charge in [-0.15, -0.1) is 5.10 Å². The summed E-state index contributed by atoms with van der Waals surface area (Å²) >= 11 is 1.66. The molecule has 0 amide bonds. The lowest BCUT2D eigenvalue weighted by Crippen LogP contribution is -2.45. The van der Waals surface area contributed by atoms with Gasteiger partial charge in [-0.3, -0.25) is 0 Å². The zero-order valence-corrected chi connectivity index (χ0v) is 10.4. The zero-order chi connectivity index (χ0) is 11.1. The molecular weight excluding hydrogens is 210 g/mol. The van der Waals surface area contributed by atoms with Gasteiger partial charge in [0.1, 0.15) is 0 Å². The minimum atomic E-state index is 1.02. The fourth-order valence-corrected chi connectivity index (χ4v) is 2.05. The van der Waals surface area contributed by atoms with Crippen molar-refractivity contribution in [3.05, 3.63) is 0 Å². The predicted molar refractivity (Wildman–Crippen MR) is 67.3 cm³/mol. The Bertz CT molecular complexity index is 235. The maximum Gasteiger partial charge on any atom is 0.185 e. The molecule has 1 aliphatic rings. The summed E-state index contributed by atoms with van der Waals surface area (Å²) in [6, 6.07) is 0. The fourth-order valence-electron chi connectivity index (χ4n) is 1.41. The molecule has 0 bridgehead atoms. The molecule has 0 spiro atoms. The minimum Gasteiger partial charge on any atom is -0.347 e. The Hall–Kier alpha value is -0.750. The number of nitrogens with one attached hydrogen (secondary N) is 1. The average molecular weight is 229 g/mol. The predicted octanol–water partition coefficient (Wildman–Crippen LogP) is 0.463. The third-order valence-corrected chi connectivity index (χ3v) is 2.79. The van der Waals surface area contributed by atoms with Gasteiger partial charge in [0.25, 0.3) is 0 Å². The molecule has 0 atom stereocenters. The Morgan fingerprint density at radius 1 is 1.47 bits per heavy atom. The van der Waals surface area contributed by atoms with Gasteiger partial charge in [-0.2, -0.15) is 10.2 Å². The molecule has 1 heterocycles. The topological polar surface area (TPSA) is 43.2 Å². The van der Waals surface area contributed by atoms with E-state index < -0.39 is 0 Å². The van der Waals surface area contributed by atoms with E-state index >= 15 is 0 Å². The second-order valence-corrected chi connectivity index (χ2v) is 3.96. The second-order valence-electron chi connectivity index (χ2n) is 3.19. The van der Waals surface area contributed by atoms with E-state index in [1.165, 1.54) is 0 Å². The number of piperazine rings is 1. The van der Waals surface area contributed by atoms with Gasteiger partial charge in [-0.25, -0.2) is 0 Å². The van der Waals surface area contributed by atoms with Gasteiger partial charge in [0.15, 0.2) is 5.17 Å². The lowest BCUT2D eigenvalue weighted by molar-refractivity contribution is 0.334. The molecule has 1 aliphatic heterocycles. The Balaban J connectivity index is 2.59. The van der Waals surface area contributed by atoms with Crippen LogP contribution in [0.4, 0.5) is 0 Å². The van der Waals surface area contributed by atoms with Gasteiger partial charge in [0, 0.05) is 39.4 Å². The van der Waals surface area contributed by atoms with Crippen LogP contribution in [0.15, 0.2) is 10.2 Å². The number of thioether (sulfide) groups is 1. The highest BCUT2D eigenvalue weighted by atomic mass is 32.2. The molecule has 0 aromatic carbocycles. The zero-order valence-electron chi connectivity index (χ0n) is 9.60. The maximum absolute atomic E-state index is 4.42. The van der Waals surface area contributed by atoms with Gasteiger partial charge in [0.05, 0.1) is 0 Å². The van der Waals surface area contributed by atoms with Gasteiger partial charge < -0.3 is 10.2 Å². The monoisotopic (exact) mass is 229 g/mol. The van der Waals surface area contributed by atoms with Crippen LogP contribution in [0.5, 0.6) is 0 Å². The van der Waals surface area contributed by atoms with Gasteiger partial charge in [-0.05, 0) is 13.2 Å². The summed E-state index contributed by atoms with van der Waals surface area (Å²) in [4.78, 5) is 2.28. The molecule has 5 nitrogen and oxygen atoms in total. The van der Waals surface area contributed by atoms with Crippen LogP contribution in [0.2, 0.25) is 0 Å². The Kier molecular flexibility index (Phi) is 5.49. The summed E-state index contributed by atoms with van der Waals surface area (Å²) in [5.74, 6) is 0. The number of hydrogen-bond donors (Lipinski definition) is 1. The molecule has 1 rings (SSSR count). The highest BCUT2D eigenvalue weighted by Gasteiger charge is 2.13. The molecule has 1 fully saturated rings. The number of hydrazone groups is 2. The van der Waals surface area contributed by atoms with E-state index in [-0.39, 0.29) is 0 Å². The Morgan fingerprint density at radius 3 is 2.67 bits per heavy atom. The van der Waals surface area contributed by atoms with Crippen LogP contribution in [0.1, 0.15) is 6.92 Å². The molecule has 0 saturated carbocycles. The van der Waals surface area contributed by atoms with Crippen molar-refractivity contribution < 1.29 is 0 Å². The van der Waals surface area contributed by atoms with Gasteiger partial charge >= 0.3 is 0 Å². The van der Waals surface area contributed by atoms with Crippen LogP contribution in [-0.4, -0.2) is 60.9 Å². The van der Waals surface area contributed by atoms with Crippen LogP contribution in [0, 0.1) is 0 Å². The van der Waals surface area contributed by atoms with Crippen molar-refractivity contribution in [3.8, 4) is 0 Å². The average Bonchev–Trinajstić information content (AvgIpc) is 2.27. The van der Waals surface area contributed by atoms with Gasteiger partial charge in [0.2, 0.25) is 0 Å². The van der Waals surface area contributed by atoms with E-state index in [0.29, 0.717) is 0 Å². The van der Waals surface area contributed by atoms with Gasteiger partial charge in [-0.1, -0.05) is 11.8 Å². The fraction of sp³-hybridized carbons (Fsp3) is 0.778. The lowest BCUT2D eigenvalue weighted by atomic mass is 10.4. The summed E-state index contributed by atoms with van der Waals surface area (Å²) in [6.07, 6.45) is 3.78. The molecule has 15 heavy (non-hydrogen) atoms. The third kappa shape index (κ3) is 4.09. The van der Waals surface area contributed by atoms with Crippen molar-refractivity contribution in [1.29, 1.82) is 0 Å². The van der Waals surface area contributed by atoms with Crippen molar-refractivity contribution in [1.82, 2.24) is 15.3 Å². The summed E-state index contributed by atoms with van der Waals surface area (Å²) < 4.78 is 0. The third-order valence-electron chi connectivity index (χ3n) is 2.08. The van der Waals surface area contributed by atoms with Crippen molar-refractivity contribution in [2.24, 2.45) is 10.2 Å². The molecule has 0 unspecified atom stereocenters. The molecule has 0 radical (unpaired) electrons. The van der Waals surface area contributed by atoms with E-state index in [4.69, 9.17) is 0 Å². The molecule has 0 aliphatic carbocycles. The first-order valence-corrected chi connectivity index (χ1v) is 6.31. The first-order valence-electron chi connectivity index (χ1n) is 5.08. The lowest BCUT2D eigenvalue weighted by Gasteiger charge is -2.29. The van der Waals surface area contributed by atoms with Crippen LogP contribution < -0.4 is 5.32 Å². The van der Waals surface area contributed by atoms with E-state index in [1.807, 2.05) is 20.2 Å². The van der Waals surface area contributed by atoms with Crippen LogP contribution in [-0.2, 0) is 0 Å². The highest BCUT2D eigenvalue weighted by molar-refractivity contribution is 8.13. The number of rotatable bonds is 2. The minimum absolute atomic E-state index is 1.02. The summed E-state index contributed by atoms with van der Waals surface area (Å²) in [6.45, 7) is 5.98. The second kappa shape index (κ2) is 6.68. The summed E-state index contributed by atoms with van der Waals surface area (Å²) in [5.41, 5.74) is 0. The number of hydrogen-bond acceptors (Lipinski definition) is 5. The van der Waals surface area contributed by atoms with Crippen LogP contribution in [0.3, 0.4) is 0 Å². The summed E-state index contributed by atoms with van der Waals surface area (Å²) in [7, 11) is 1.85. The standard InChI is InChI=1S/C9H19N5S/c1-4-11-13(2)12-9(15-3)14-7-5-10-6-8-14/h4,10H,5-8H2,1-3H3/b11-4-,12-9?. The largest absolute Gasteiger partial charge is 0.347 e. The number of amidine groups is 1. The van der Waals surface area contributed by atoms with E-state index in [9.17, 15) is 0 Å². The molecule has 1 saturated heterocycles. The maximum atomic E-state index is 4.42. The SMILES string of the molecule is C/C=N\N(C)N=C(SC)N1CCNCC1. The number of nitrogens with zero attached hydrogens (tertiary/aromatic N) is 4. The first kappa shape index (κ1) is 12.3. The van der Waals surface area contributed by atoms with E-state index in [0.717, 1.165) is 31.3 Å². The van der Waals surface area contributed by atoms with Crippen LogP contribution >= 0.6 is 11.8 Å². The molecular formula is C9H19N5S. The van der Waals surface area contributed by atoms with Crippen LogP contribution in [0.25, 0.3) is 0 Å².